The first-order chi connectivity index (χ1) is 19.8. The highest BCUT2D eigenvalue weighted by Crippen LogP contribution is 2.40. The van der Waals surface area contributed by atoms with Crippen LogP contribution in [0.5, 0.6) is 5.75 Å². The molecule has 4 aromatic rings. The van der Waals surface area contributed by atoms with Crippen molar-refractivity contribution >= 4 is 11.7 Å². The Balaban J connectivity index is 1.14. The second kappa shape index (κ2) is 11.1. The van der Waals surface area contributed by atoms with Crippen LogP contribution < -0.4 is 20.7 Å². The first kappa shape index (κ1) is 27.1. The lowest BCUT2D eigenvalue weighted by Crippen LogP contribution is -2.63. The number of nitrogens with one attached hydrogen (secondary N) is 1. The number of alkyl halides is 3. The summed E-state index contributed by atoms with van der Waals surface area (Å²) in [6.45, 7) is 1.84. The Morgan fingerprint density at radius 1 is 1.00 bits per heavy atom. The summed E-state index contributed by atoms with van der Waals surface area (Å²) in [4.78, 5) is 10.8. The Kier molecular flexibility index (Phi) is 7.33. The van der Waals surface area contributed by atoms with Gasteiger partial charge in [-0.1, -0.05) is 12.8 Å². The smallest absolute Gasteiger partial charge is 0.424 e. The fourth-order valence-corrected chi connectivity index (χ4v) is 6.17. The number of nitrogens with zero attached hydrogens (tertiary/aromatic N) is 5. The van der Waals surface area contributed by atoms with E-state index in [2.05, 4.69) is 42.2 Å². The minimum absolute atomic E-state index is 0.0232. The Morgan fingerprint density at radius 3 is 2.51 bits per heavy atom. The number of benzene rings is 2. The van der Waals surface area contributed by atoms with Crippen molar-refractivity contribution in [3.63, 3.8) is 0 Å². The molecule has 3 heterocycles. The van der Waals surface area contributed by atoms with Gasteiger partial charge < -0.3 is 25.1 Å². The largest absolute Gasteiger partial charge is 0.573 e. The predicted molar refractivity (Wildman–Crippen MR) is 148 cm³/mol. The van der Waals surface area contributed by atoms with Gasteiger partial charge in [0.05, 0.1) is 11.9 Å². The van der Waals surface area contributed by atoms with Crippen LogP contribution in [0.15, 0.2) is 71.8 Å². The summed E-state index contributed by atoms with van der Waals surface area (Å²) in [5, 5.41) is 7.67. The van der Waals surface area contributed by atoms with Crippen molar-refractivity contribution in [2.24, 2.45) is 11.7 Å². The number of aromatic nitrogens is 4. The van der Waals surface area contributed by atoms with Gasteiger partial charge in [0, 0.05) is 35.9 Å². The third-order valence-electron chi connectivity index (χ3n) is 8.26. The third-order valence-corrected chi connectivity index (χ3v) is 8.26. The number of anilines is 2. The molecule has 216 valence electrons. The summed E-state index contributed by atoms with van der Waals surface area (Å²) in [7, 11) is 0. The van der Waals surface area contributed by atoms with Crippen LogP contribution in [-0.4, -0.2) is 50.8 Å². The highest BCUT2D eigenvalue weighted by Gasteiger charge is 2.45. The molecule has 0 amide bonds. The zero-order valence-electron chi connectivity index (χ0n) is 22.4. The molecule has 1 aliphatic carbocycles. The first-order valence-electron chi connectivity index (χ1n) is 13.8. The van der Waals surface area contributed by atoms with E-state index in [1.807, 2.05) is 12.1 Å². The van der Waals surface area contributed by atoms with Crippen molar-refractivity contribution < 1.29 is 22.3 Å². The molecule has 0 bridgehead atoms. The maximum Gasteiger partial charge on any atom is 0.573 e. The van der Waals surface area contributed by atoms with E-state index in [1.54, 1.807) is 17.2 Å². The van der Waals surface area contributed by atoms with Gasteiger partial charge in [0.25, 0.3) is 6.01 Å². The number of ether oxygens (including phenoxy) is 1. The molecule has 2 fully saturated rings. The Bertz CT molecular complexity index is 1420. The van der Waals surface area contributed by atoms with Crippen molar-refractivity contribution in [2.75, 3.05) is 23.3 Å². The van der Waals surface area contributed by atoms with Crippen LogP contribution in [0.25, 0.3) is 17.0 Å². The van der Waals surface area contributed by atoms with E-state index < -0.39 is 11.9 Å². The number of hydrogen-bond donors (Lipinski definition) is 2. The van der Waals surface area contributed by atoms with E-state index in [0.717, 1.165) is 63.0 Å². The molecule has 9 nitrogen and oxygen atoms in total. The van der Waals surface area contributed by atoms with Crippen molar-refractivity contribution in [3.8, 4) is 22.8 Å². The minimum Gasteiger partial charge on any atom is -0.424 e. The molecule has 0 radical (unpaired) electrons. The minimum atomic E-state index is -4.74. The molecule has 1 aliphatic heterocycles. The number of nitrogens with two attached hydrogens (primary N) is 1. The van der Waals surface area contributed by atoms with Crippen LogP contribution in [0.2, 0.25) is 0 Å². The van der Waals surface area contributed by atoms with Crippen molar-refractivity contribution in [3.05, 3.63) is 67.4 Å². The summed E-state index contributed by atoms with van der Waals surface area (Å²) in [5.41, 5.74) is 9.53. The average molecular weight is 568 g/mol. The van der Waals surface area contributed by atoms with E-state index in [-0.39, 0.29) is 17.7 Å². The number of hydrogen-bond acceptors (Lipinski definition) is 8. The zero-order valence-corrected chi connectivity index (χ0v) is 22.4. The fourth-order valence-electron chi connectivity index (χ4n) is 6.17. The van der Waals surface area contributed by atoms with E-state index in [9.17, 15) is 13.2 Å². The summed E-state index contributed by atoms with van der Waals surface area (Å²) >= 11 is 0. The predicted octanol–water partition coefficient (Wildman–Crippen LogP) is 5.79. The average Bonchev–Trinajstić information content (AvgIpc) is 3.67. The lowest BCUT2D eigenvalue weighted by Gasteiger charge is -2.50. The molecule has 2 aromatic carbocycles. The van der Waals surface area contributed by atoms with E-state index in [4.69, 9.17) is 10.2 Å². The Hall–Kier alpha value is -4.06. The molecular formula is C29H32F3N7O2. The Morgan fingerprint density at radius 2 is 1.78 bits per heavy atom. The van der Waals surface area contributed by atoms with Crippen LogP contribution in [-0.2, 0) is 0 Å². The van der Waals surface area contributed by atoms with E-state index in [0.29, 0.717) is 17.3 Å². The van der Waals surface area contributed by atoms with Crippen LogP contribution >= 0.6 is 0 Å². The van der Waals surface area contributed by atoms with Crippen molar-refractivity contribution in [1.82, 2.24) is 19.7 Å². The normalized spacial score (nSPS) is 23.4. The molecule has 6 rings (SSSR count). The Labute approximate surface area is 235 Å². The van der Waals surface area contributed by atoms with Crippen LogP contribution in [0.3, 0.4) is 0 Å². The van der Waals surface area contributed by atoms with Gasteiger partial charge in [-0.15, -0.1) is 13.2 Å². The van der Waals surface area contributed by atoms with Gasteiger partial charge in [-0.2, -0.15) is 5.10 Å². The van der Waals surface area contributed by atoms with Crippen molar-refractivity contribution in [2.45, 2.75) is 56.5 Å². The molecule has 0 spiro atoms. The summed E-state index contributed by atoms with van der Waals surface area (Å²) in [6.07, 6.45) is 6.07. The standard InChI is InChI=1S/C29H32F3N7O2/c30-29(31,32)41-24-12-6-20(7-13-24)25-16-35-27(40-25)37-26-5-1-2-14-28(26,33)21-4-3-15-38(17-21)22-8-10-23(11-9-22)39-19-34-18-36-39/h6-13,16,18-19,21,26H,1-5,14-15,17,33H2,(H,35,37)/t21-,26?,28?/m0/s1. The maximum atomic E-state index is 12.5. The molecule has 3 atom stereocenters. The summed E-state index contributed by atoms with van der Waals surface area (Å²) < 4.78 is 49.1. The monoisotopic (exact) mass is 567 g/mol. The maximum absolute atomic E-state index is 12.5. The molecule has 3 N–H and O–H groups in total. The molecular weight excluding hydrogens is 535 g/mol. The number of rotatable bonds is 7. The number of halogens is 3. The van der Waals surface area contributed by atoms with Gasteiger partial charge in [0.1, 0.15) is 18.4 Å². The molecule has 1 saturated heterocycles. The van der Waals surface area contributed by atoms with Gasteiger partial charge in [0.2, 0.25) is 0 Å². The fraction of sp³-hybridized carbons (Fsp3) is 0.414. The lowest BCUT2D eigenvalue weighted by atomic mass is 9.67. The van der Waals surface area contributed by atoms with Crippen LogP contribution in [0.1, 0.15) is 38.5 Å². The zero-order chi connectivity index (χ0) is 28.5. The van der Waals surface area contributed by atoms with E-state index >= 15 is 0 Å². The highest BCUT2D eigenvalue weighted by molar-refractivity contribution is 5.58. The van der Waals surface area contributed by atoms with Gasteiger partial charge in [0.15, 0.2) is 5.76 Å². The lowest BCUT2D eigenvalue weighted by molar-refractivity contribution is -0.274. The topological polar surface area (TPSA) is 107 Å². The van der Waals surface area contributed by atoms with Gasteiger partial charge in [-0.25, -0.2) is 14.6 Å². The van der Waals surface area contributed by atoms with Crippen molar-refractivity contribution in [1.29, 1.82) is 0 Å². The second-order valence-corrected chi connectivity index (χ2v) is 10.8. The SMILES string of the molecule is NC1([C@H]2CCCN(c3ccc(-n4cncn4)cc3)C2)CCCCC1Nc1ncc(-c2ccc(OC(F)(F)F)cc2)o1. The molecule has 41 heavy (non-hydrogen) atoms. The summed E-state index contributed by atoms with van der Waals surface area (Å²) in [5.74, 6) is 0.434. The number of piperidine rings is 1. The summed E-state index contributed by atoms with van der Waals surface area (Å²) in [6, 6.07) is 14.2. The van der Waals surface area contributed by atoms with Crippen LogP contribution in [0, 0.1) is 5.92 Å². The molecule has 2 unspecified atom stereocenters. The second-order valence-electron chi connectivity index (χ2n) is 10.8. The highest BCUT2D eigenvalue weighted by atomic mass is 19.4. The van der Waals surface area contributed by atoms with Gasteiger partial charge in [-0.3, -0.25) is 0 Å². The molecule has 2 aliphatic rings. The molecule has 2 aromatic heterocycles. The van der Waals surface area contributed by atoms with Gasteiger partial charge in [-0.05, 0) is 80.1 Å². The first-order valence-corrected chi connectivity index (χ1v) is 13.8. The molecule has 1 saturated carbocycles. The molecule has 12 heteroatoms. The van der Waals surface area contributed by atoms with Gasteiger partial charge >= 0.3 is 6.36 Å². The third kappa shape index (κ3) is 6.02. The quantitative estimate of drug-likeness (QED) is 0.289. The van der Waals surface area contributed by atoms with Crippen LogP contribution in [0.4, 0.5) is 24.9 Å². The number of oxazole rings is 1. The van der Waals surface area contributed by atoms with E-state index in [1.165, 1.54) is 30.6 Å².